The lowest BCUT2D eigenvalue weighted by atomic mass is 10.1. The molecule has 0 aliphatic carbocycles. The number of carbonyl (C=O) groups is 3. The third-order valence-electron chi connectivity index (χ3n) is 2.80. The highest BCUT2D eigenvalue weighted by molar-refractivity contribution is 5.94. The van der Waals surface area contributed by atoms with Gasteiger partial charge in [0, 0.05) is 0 Å². The van der Waals surface area contributed by atoms with Crippen LogP contribution >= 0.6 is 0 Å². The molecule has 0 aliphatic rings. The van der Waals surface area contributed by atoms with Gasteiger partial charge in [-0.2, -0.15) is 0 Å². The van der Waals surface area contributed by atoms with Crippen molar-refractivity contribution in [3.05, 3.63) is 59.3 Å². The van der Waals surface area contributed by atoms with E-state index in [2.05, 4.69) is 5.43 Å². The van der Waals surface area contributed by atoms with Gasteiger partial charge in [-0.3, -0.25) is 20.4 Å². The van der Waals surface area contributed by atoms with E-state index < -0.39 is 30.2 Å². The third kappa shape index (κ3) is 4.40. The van der Waals surface area contributed by atoms with Crippen LogP contribution in [-0.4, -0.2) is 24.4 Å². The van der Waals surface area contributed by atoms with Crippen molar-refractivity contribution in [1.82, 2.24) is 10.9 Å². The van der Waals surface area contributed by atoms with E-state index >= 15 is 0 Å². The van der Waals surface area contributed by atoms with Crippen molar-refractivity contribution >= 4 is 17.8 Å². The number of rotatable bonds is 4. The fourth-order valence-corrected chi connectivity index (χ4v) is 1.57. The minimum atomic E-state index is -0.851. The summed E-state index contributed by atoms with van der Waals surface area (Å²) in [4.78, 5) is 34.6. The Hall–Kier alpha value is -3.16. The summed E-state index contributed by atoms with van der Waals surface area (Å²) in [6.07, 6.45) is 1.30. The number of furan rings is 1. The molecule has 0 fully saturated rings. The molecule has 0 atom stereocenters. The molecule has 2 aromatic rings. The predicted octanol–water partition coefficient (Wildman–Crippen LogP) is 1.35. The topological polar surface area (TPSA) is 97.6 Å². The lowest BCUT2D eigenvalue weighted by Crippen LogP contribution is -2.43. The van der Waals surface area contributed by atoms with Gasteiger partial charge in [0.1, 0.15) is 5.82 Å². The van der Waals surface area contributed by atoms with Gasteiger partial charge >= 0.3 is 11.9 Å². The molecule has 0 aliphatic heterocycles. The van der Waals surface area contributed by atoms with Crippen LogP contribution in [0.3, 0.4) is 0 Å². The fourth-order valence-electron chi connectivity index (χ4n) is 1.57. The van der Waals surface area contributed by atoms with Crippen LogP contribution in [0, 0.1) is 12.7 Å². The summed E-state index contributed by atoms with van der Waals surface area (Å²) in [6.45, 7) is 0.923. The number of hydrogen-bond donors (Lipinski definition) is 2. The lowest BCUT2D eigenvalue weighted by Gasteiger charge is -2.07. The summed E-state index contributed by atoms with van der Waals surface area (Å²) >= 11 is 0. The lowest BCUT2D eigenvalue weighted by molar-refractivity contribution is -0.125. The van der Waals surface area contributed by atoms with Crippen molar-refractivity contribution in [3.63, 3.8) is 0 Å². The average molecular weight is 320 g/mol. The number of ether oxygens (including phenoxy) is 1. The van der Waals surface area contributed by atoms with Gasteiger partial charge in [0.15, 0.2) is 12.4 Å². The molecule has 1 aromatic heterocycles. The Balaban J connectivity index is 1.78. The van der Waals surface area contributed by atoms with Gasteiger partial charge in [-0.05, 0) is 36.8 Å². The van der Waals surface area contributed by atoms with Crippen molar-refractivity contribution in [3.8, 4) is 0 Å². The molecule has 23 heavy (non-hydrogen) atoms. The second-order valence-corrected chi connectivity index (χ2v) is 4.52. The van der Waals surface area contributed by atoms with E-state index in [1.54, 1.807) is 6.92 Å². The zero-order valence-electron chi connectivity index (χ0n) is 12.1. The Labute approximate surface area is 130 Å². The van der Waals surface area contributed by atoms with Crippen molar-refractivity contribution in [2.75, 3.05) is 6.61 Å². The SMILES string of the molecule is Cc1ccc(C(=O)OCC(=O)NNC(=O)c2ccco2)cc1F. The van der Waals surface area contributed by atoms with Crippen LogP contribution in [0.1, 0.15) is 26.5 Å². The third-order valence-corrected chi connectivity index (χ3v) is 2.80. The van der Waals surface area contributed by atoms with Crippen LogP contribution in [0.15, 0.2) is 41.0 Å². The summed E-state index contributed by atoms with van der Waals surface area (Å²) in [7, 11) is 0. The van der Waals surface area contributed by atoms with Crippen LogP contribution in [0.5, 0.6) is 0 Å². The highest BCUT2D eigenvalue weighted by Gasteiger charge is 2.13. The molecule has 0 spiro atoms. The molecule has 8 heteroatoms. The van der Waals surface area contributed by atoms with Crippen molar-refractivity contribution in [1.29, 1.82) is 0 Å². The molecule has 0 saturated heterocycles. The maximum atomic E-state index is 13.3. The Bertz CT molecular complexity index is 727. The van der Waals surface area contributed by atoms with Gasteiger partial charge in [0.05, 0.1) is 11.8 Å². The molecule has 2 N–H and O–H groups in total. The maximum Gasteiger partial charge on any atom is 0.338 e. The van der Waals surface area contributed by atoms with Crippen LogP contribution in [0.2, 0.25) is 0 Å². The van der Waals surface area contributed by atoms with E-state index in [0.717, 1.165) is 6.07 Å². The molecule has 1 heterocycles. The number of nitrogens with one attached hydrogen (secondary N) is 2. The molecule has 0 saturated carbocycles. The Kier molecular flexibility index (Phi) is 5.08. The standard InChI is InChI=1S/C15H13FN2O5/c1-9-4-5-10(7-11(9)16)15(21)23-8-13(19)17-18-14(20)12-3-2-6-22-12/h2-7H,8H2,1H3,(H,17,19)(H,18,20). The second kappa shape index (κ2) is 7.21. The number of amides is 2. The van der Waals surface area contributed by atoms with Crippen molar-refractivity contribution in [2.24, 2.45) is 0 Å². The number of esters is 1. The Morgan fingerprint density at radius 2 is 2.00 bits per heavy atom. The van der Waals surface area contributed by atoms with Gasteiger partial charge in [0.2, 0.25) is 0 Å². The predicted molar refractivity (Wildman–Crippen MR) is 75.7 cm³/mol. The fraction of sp³-hybridized carbons (Fsp3) is 0.133. The van der Waals surface area contributed by atoms with E-state index in [-0.39, 0.29) is 11.3 Å². The smallest absolute Gasteiger partial charge is 0.338 e. The van der Waals surface area contributed by atoms with E-state index in [1.165, 1.54) is 30.5 Å². The largest absolute Gasteiger partial charge is 0.459 e. The molecule has 0 radical (unpaired) electrons. The van der Waals surface area contributed by atoms with Gasteiger partial charge in [-0.15, -0.1) is 0 Å². The van der Waals surface area contributed by atoms with E-state index in [9.17, 15) is 18.8 Å². The number of carbonyl (C=O) groups excluding carboxylic acids is 3. The number of hydrazine groups is 1. The highest BCUT2D eigenvalue weighted by Crippen LogP contribution is 2.10. The quantitative estimate of drug-likeness (QED) is 0.654. The first-order valence-corrected chi connectivity index (χ1v) is 6.53. The van der Waals surface area contributed by atoms with Crippen molar-refractivity contribution in [2.45, 2.75) is 6.92 Å². The minimum Gasteiger partial charge on any atom is -0.459 e. The monoisotopic (exact) mass is 320 g/mol. The summed E-state index contributed by atoms with van der Waals surface area (Å²) in [6, 6.07) is 6.76. The first kappa shape index (κ1) is 16.2. The molecule has 120 valence electrons. The zero-order valence-corrected chi connectivity index (χ0v) is 12.1. The molecule has 0 bridgehead atoms. The summed E-state index contributed by atoms with van der Waals surface area (Å²) in [5.41, 5.74) is 4.51. The van der Waals surface area contributed by atoms with Crippen LogP contribution in [0.25, 0.3) is 0 Å². The second-order valence-electron chi connectivity index (χ2n) is 4.52. The maximum absolute atomic E-state index is 13.3. The van der Waals surface area contributed by atoms with Crippen LogP contribution in [-0.2, 0) is 9.53 Å². The average Bonchev–Trinajstić information content (AvgIpc) is 3.07. The van der Waals surface area contributed by atoms with Gasteiger partial charge < -0.3 is 9.15 Å². The molecule has 0 unspecified atom stereocenters. The van der Waals surface area contributed by atoms with E-state index in [4.69, 9.17) is 9.15 Å². The zero-order chi connectivity index (χ0) is 16.8. The summed E-state index contributed by atoms with van der Waals surface area (Å²) < 4.78 is 22.9. The molecule has 7 nitrogen and oxygen atoms in total. The number of hydrogen-bond acceptors (Lipinski definition) is 5. The molecular weight excluding hydrogens is 307 g/mol. The normalized spacial score (nSPS) is 10.0. The molecule has 2 amide bonds. The number of halogens is 1. The number of aryl methyl sites for hydroxylation is 1. The van der Waals surface area contributed by atoms with Gasteiger partial charge in [-0.25, -0.2) is 9.18 Å². The molecule has 2 rings (SSSR count). The highest BCUT2D eigenvalue weighted by atomic mass is 19.1. The summed E-state index contributed by atoms with van der Waals surface area (Å²) in [5, 5.41) is 0. The minimum absolute atomic E-state index is 0.0115. The number of benzene rings is 1. The van der Waals surface area contributed by atoms with Crippen LogP contribution < -0.4 is 10.9 Å². The van der Waals surface area contributed by atoms with E-state index in [0.29, 0.717) is 5.56 Å². The molecule has 1 aromatic carbocycles. The Morgan fingerprint density at radius 3 is 2.65 bits per heavy atom. The van der Waals surface area contributed by atoms with Gasteiger partial charge in [-0.1, -0.05) is 6.07 Å². The van der Waals surface area contributed by atoms with E-state index in [1.807, 2.05) is 5.43 Å². The first-order valence-electron chi connectivity index (χ1n) is 6.53. The Morgan fingerprint density at radius 1 is 1.22 bits per heavy atom. The summed E-state index contributed by atoms with van der Waals surface area (Å²) in [5.74, 6) is -2.80. The van der Waals surface area contributed by atoms with Gasteiger partial charge in [0.25, 0.3) is 5.91 Å². The van der Waals surface area contributed by atoms with Crippen molar-refractivity contribution < 1.29 is 27.9 Å². The molecular formula is C15H13FN2O5. The van der Waals surface area contributed by atoms with Crippen LogP contribution in [0.4, 0.5) is 4.39 Å². The first-order chi connectivity index (χ1) is 11.0.